The lowest BCUT2D eigenvalue weighted by molar-refractivity contribution is 0.408. The number of hydrogen-bond donors (Lipinski definition) is 1. The van der Waals surface area contributed by atoms with Crippen LogP contribution in [-0.2, 0) is 6.54 Å². The fraction of sp³-hybridized carbons (Fsp3) is 0.643. The Morgan fingerprint density at radius 2 is 2.35 bits per heavy atom. The van der Waals surface area contributed by atoms with Gasteiger partial charge in [-0.2, -0.15) is 23.1 Å². The van der Waals surface area contributed by atoms with Crippen LogP contribution in [0.15, 0.2) is 21.8 Å². The van der Waals surface area contributed by atoms with E-state index in [-0.39, 0.29) is 24.0 Å². The number of rotatable bonds is 4. The molecular weight excluding hydrogens is 401 g/mol. The summed E-state index contributed by atoms with van der Waals surface area (Å²) in [4.78, 5) is 7.19. The van der Waals surface area contributed by atoms with E-state index in [1.54, 1.807) is 11.3 Å². The zero-order valence-corrected chi connectivity index (χ0v) is 16.1. The van der Waals surface area contributed by atoms with E-state index in [0.717, 1.165) is 37.4 Å². The Balaban J connectivity index is 0.00000200. The van der Waals surface area contributed by atoms with Gasteiger partial charge in [-0.25, -0.2) is 4.99 Å². The molecule has 0 radical (unpaired) electrons. The van der Waals surface area contributed by atoms with E-state index in [4.69, 9.17) is 4.99 Å². The molecule has 0 aromatic carbocycles. The minimum absolute atomic E-state index is 0. The highest BCUT2D eigenvalue weighted by Gasteiger charge is 2.21. The van der Waals surface area contributed by atoms with Crippen molar-refractivity contribution in [3.05, 3.63) is 22.4 Å². The monoisotopic (exact) mass is 425 g/mol. The van der Waals surface area contributed by atoms with Gasteiger partial charge in [-0.1, -0.05) is 6.92 Å². The summed E-state index contributed by atoms with van der Waals surface area (Å²) in [6.45, 7) is 8.36. The molecule has 1 unspecified atom stereocenters. The summed E-state index contributed by atoms with van der Waals surface area (Å²) in [5, 5.41) is 8.47. The Hall–Kier alpha value is 0.0500. The first kappa shape index (κ1) is 18.1. The molecule has 0 aliphatic carbocycles. The molecule has 1 atom stereocenters. The van der Waals surface area contributed by atoms with Crippen molar-refractivity contribution in [1.82, 2.24) is 10.2 Å². The van der Waals surface area contributed by atoms with Crippen molar-refractivity contribution in [2.45, 2.75) is 32.1 Å². The topological polar surface area (TPSA) is 27.6 Å². The molecule has 1 aromatic heterocycles. The van der Waals surface area contributed by atoms with Gasteiger partial charge < -0.3 is 10.2 Å². The summed E-state index contributed by atoms with van der Waals surface area (Å²) in [7, 11) is 0. The number of aliphatic imine (C=N–C) groups is 1. The molecule has 20 heavy (non-hydrogen) atoms. The molecule has 1 aliphatic rings. The number of guanidine groups is 1. The maximum absolute atomic E-state index is 4.78. The predicted octanol–water partition coefficient (Wildman–Crippen LogP) is 3.66. The minimum atomic E-state index is 0. The molecule has 1 saturated heterocycles. The summed E-state index contributed by atoms with van der Waals surface area (Å²) < 4.78 is 0. The summed E-state index contributed by atoms with van der Waals surface area (Å²) >= 11 is 3.83. The SMILES string of the molecule is CCNC(=NCc1ccsc1)N1CCSC(CC)C1.I. The van der Waals surface area contributed by atoms with E-state index in [2.05, 4.69) is 52.7 Å². The van der Waals surface area contributed by atoms with Crippen molar-refractivity contribution in [3.8, 4) is 0 Å². The quantitative estimate of drug-likeness (QED) is 0.453. The maximum Gasteiger partial charge on any atom is 0.194 e. The molecule has 0 saturated carbocycles. The molecule has 2 rings (SSSR count). The first-order chi connectivity index (χ1) is 9.33. The highest BCUT2D eigenvalue weighted by Crippen LogP contribution is 2.21. The van der Waals surface area contributed by atoms with Gasteiger partial charge in [0.15, 0.2) is 5.96 Å². The largest absolute Gasteiger partial charge is 0.357 e. The number of halogens is 1. The van der Waals surface area contributed by atoms with Gasteiger partial charge in [-0.3, -0.25) is 0 Å². The molecule has 0 spiro atoms. The smallest absolute Gasteiger partial charge is 0.194 e. The Morgan fingerprint density at radius 3 is 3.00 bits per heavy atom. The number of thioether (sulfide) groups is 1. The summed E-state index contributed by atoms with van der Waals surface area (Å²) in [5.41, 5.74) is 1.30. The van der Waals surface area contributed by atoms with E-state index in [0.29, 0.717) is 0 Å². The van der Waals surface area contributed by atoms with Crippen molar-refractivity contribution in [1.29, 1.82) is 0 Å². The van der Waals surface area contributed by atoms with Gasteiger partial charge in [0.25, 0.3) is 0 Å². The van der Waals surface area contributed by atoms with Crippen LogP contribution >= 0.6 is 47.1 Å². The Bertz CT molecular complexity index is 395. The standard InChI is InChI=1S/C14H23N3S2.HI/c1-3-13-10-17(6-8-19-13)14(15-4-2)16-9-12-5-7-18-11-12;/h5,7,11,13H,3-4,6,8-10H2,1-2H3,(H,15,16);1H. The zero-order chi connectivity index (χ0) is 13.5. The first-order valence-corrected chi connectivity index (χ1v) is 8.98. The van der Waals surface area contributed by atoms with Crippen LogP contribution < -0.4 is 5.32 Å². The Labute approximate surface area is 147 Å². The van der Waals surface area contributed by atoms with Crippen molar-refractivity contribution in [2.75, 3.05) is 25.4 Å². The molecule has 6 heteroatoms. The number of hydrogen-bond acceptors (Lipinski definition) is 3. The van der Waals surface area contributed by atoms with Crippen LogP contribution in [0.2, 0.25) is 0 Å². The maximum atomic E-state index is 4.78. The third-order valence-electron chi connectivity index (χ3n) is 3.22. The van der Waals surface area contributed by atoms with Gasteiger partial charge in [0, 0.05) is 30.6 Å². The van der Waals surface area contributed by atoms with E-state index in [1.807, 2.05) is 0 Å². The molecular formula is C14H24IN3S2. The van der Waals surface area contributed by atoms with E-state index >= 15 is 0 Å². The van der Waals surface area contributed by atoms with E-state index < -0.39 is 0 Å². The van der Waals surface area contributed by atoms with Crippen LogP contribution in [0, 0.1) is 0 Å². The van der Waals surface area contributed by atoms with Crippen LogP contribution in [0.4, 0.5) is 0 Å². The van der Waals surface area contributed by atoms with Crippen LogP contribution in [0.25, 0.3) is 0 Å². The summed E-state index contributed by atoms with van der Waals surface area (Å²) in [5.74, 6) is 2.29. The van der Waals surface area contributed by atoms with Crippen molar-refractivity contribution in [2.24, 2.45) is 4.99 Å². The summed E-state index contributed by atoms with van der Waals surface area (Å²) in [6, 6.07) is 2.15. The summed E-state index contributed by atoms with van der Waals surface area (Å²) in [6.07, 6.45) is 1.24. The van der Waals surface area contributed by atoms with Gasteiger partial charge in [0.05, 0.1) is 6.54 Å². The van der Waals surface area contributed by atoms with Gasteiger partial charge in [-0.15, -0.1) is 24.0 Å². The molecule has 1 N–H and O–H groups in total. The van der Waals surface area contributed by atoms with Gasteiger partial charge >= 0.3 is 0 Å². The fourth-order valence-corrected chi connectivity index (χ4v) is 3.97. The van der Waals surface area contributed by atoms with Crippen LogP contribution in [-0.4, -0.2) is 41.5 Å². The van der Waals surface area contributed by atoms with Crippen molar-refractivity contribution < 1.29 is 0 Å². The van der Waals surface area contributed by atoms with E-state index in [9.17, 15) is 0 Å². The lowest BCUT2D eigenvalue weighted by Crippen LogP contribution is -2.47. The average molecular weight is 425 g/mol. The second-order valence-electron chi connectivity index (χ2n) is 4.65. The minimum Gasteiger partial charge on any atom is -0.357 e. The van der Waals surface area contributed by atoms with Crippen LogP contribution in [0.3, 0.4) is 0 Å². The molecule has 2 heterocycles. The molecule has 0 bridgehead atoms. The Morgan fingerprint density at radius 1 is 1.50 bits per heavy atom. The molecule has 114 valence electrons. The average Bonchev–Trinajstić information content (AvgIpc) is 2.97. The fourth-order valence-electron chi connectivity index (χ4n) is 2.13. The first-order valence-electron chi connectivity index (χ1n) is 6.99. The van der Waals surface area contributed by atoms with Gasteiger partial charge in [0.1, 0.15) is 0 Å². The van der Waals surface area contributed by atoms with E-state index in [1.165, 1.54) is 17.7 Å². The third-order valence-corrected chi connectivity index (χ3v) is 5.32. The zero-order valence-electron chi connectivity index (χ0n) is 12.2. The highest BCUT2D eigenvalue weighted by molar-refractivity contribution is 14.0. The van der Waals surface area contributed by atoms with Crippen LogP contribution in [0.1, 0.15) is 25.8 Å². The van der Waals surface area contributed by atoms with Gasteiger partial charge in [-0.05, 0) is 35.7 Å². The highest BCUT2D eigenvalue weighted by atomic mass is 127. The second kappa shape index (κ2) is 9.89. The number of thiophene rings is 1. The number of nitrogens with one attached hydrogen (secondary N) is 1. The molecule has 1 fully saturated rings. The third kappa shape index (κ3) is 5.44. The molecule has 1 aromatic rings. The molecule has 3 nitrogen and oxygen atoms in total. The van der Waals surface area contributed by atoms with Crippen molar-refractivity contribution >= 4 is 53.0 Å². The normalized spacial score (nSPS) is 19.6. The molecule has 1 aliphatic heterocycles. The van der Waals surface area contributed by atoms with Gasteiger partial charge in [0.2, 0.25) is 0 Å². The van der Waals surface area contributed by atoms with Crippen molar-refractivity contribution in [3.63, 3.8) is 0 Å². The lowest BCUT2D eigenvalue weighted by atomic mass is 10.3. The van der Waals surface area contributed by atoms with Crippen LogP contribution in [0.5, 0.6) is 0 Å². The Kier molecular flexibility index (Phi) is 8.95. The predicted molar refractivity (Wildman–Crippen MR) is 103 cm³/mol. The lowest BCUT2D eigenvalue weighted by Gasteiger charge is -2.34. The number of nitrogens with zero attached hydrogens (tertiary/aromatic N) is 2. The second-order valence-corrected chi connectivity index (χ2v) is 6.84. The molecule has 0 amide bonds.